The minimum Gasteiger partial charge on any atom is -1.00 e. The molecule has 33 heavy (non-hydrogen) atoms. The van der Waals surface area contributed by atoms with Crippen molar-refractivity contribution in [2.45, 2.75) is 175 Å². The normalized spacial score (nSPS) is 11.6. The first-order valence-electron chi connectivity index (χ1n) is 15.6. The summed E-state index contributed by atoms with van der Waals surface area (Å²) in [6.45, 7) is 9.44. The first-order valence-corrected chi connectivity index (χ1v) is 18.1. The van der Waals surface area contributed by atoms with E-state index in [4.69, 9.17) is 0 Å². The van der Waals surface area contributed by atoms with E-state index in [9.17, 15) is 0 Å². The highest BCUT2D eigenvalue weighted by molar-refractivity contribution is 7.75. The van der Waals surface area contributed by atoms with Crippen LogP contribution in [0, 0.1) is 0 Å². The van der Waals surface area contributed by atoms with Gasteiger partial charge in [-0.05, 0) is 32.1 Å². The number of rotatable bonds is 27. The average molecular weight is 505 g/mol. The molecule has 0 nitrogen and oxygen atoms in total. The Kier molecular flexibility index (Phi) is 31.5. The zero-order chi connectivity index (χ0) is 23.6. The second kappa shape index (κ2) is 29.0. The van der Waals surface area contributed by atoms with Gasteiger partial charge < -0.3 is 12.4 Å². The zero-order valence-corrected chi connectivity index (χ0v) is 25.6. The molecule has 0 saturated heterocycles. The molecule has 0 aliphatic rings. The van der Waals surface area contributed by atoms with Crippen molar-refractivity contribution in [2.24, 2.45) is 0 Å². The molecule has 0 aliphatic carbocycles. The lowest BCUT2D eigenvalue weighted by Crippen LogP contribution is -3.00. The van der Waals surface area contributed by atoms with Gasteiger partial charge in [-0.2, -0.15) is 0 Å². The summed E-state index contributed by atoms with van der Waals surface area (Å²) in [5.41, 5.74) is 0. The third-order valence-electron chi connectivity index (χ3n) is 7.69. The molecule has 0 atom stereocenters. The van der Waals surface area contributed by atoms with Gasteiger partial charge in [0.15, 0.2) is 0 Å². The molecular weight excluding hydrogens is 439 g/mol. The topological polar surface area (TPSA) is 0 Å². The van der Waals surface area contributed by atoms with Crippen LogP contribution in [0.3, 0.4) is 0 Å². The van der Waals surface area contributed by atoms with Crippen molar-refractivity contribution in [2.75, 3.05) is 24.6 Å². The van der Waals surface area contributed by atoms with Gasteiger partial charge in [0.05, 0.1) is 24.6 Å². The van der Waals surface area contributed by atoms with Gasteiger partial charge in [-0.1, -0.05) is 143 Å². The minimum absolute atomic E-state index is 0. The Hall–Kier alpha value is 0.720. The van der Waals surface area contributed by atoms with Crippen LogP contribution in [0.25, 0.3) is 0 Å². The van der Waals surface area contributed by atoms with Crippen molar-refractivity contribution in [3.05, 3.63) is 0 Å². The molecule has 0 spiro atoms. The molecule has 0 bridgehead atoms. The highest BCUT2D eigenvalue weighted by Crippen LogP contribution is 2.61. The number of hydrogen-bond donors (Lipinski definition) is 0. The van der Waals surface area contributed by atoms with Gasteiger partial charge >= 0.3 is 0 Å². The fourth-order valence-corrected chi connectivity index (χ4v) is 10.3. The first kappa shape index (κ1) is 35.9. The highest BCUT2D eigenvalue weighted by Gasteiger charge is 2.34. The molecule has 0 heterocycles. The van der Waals surface area contributed by atoms with Crippen molar-refractivity contribution < 1.29 is 12.4 Å². The summed E-state index contributed by atoms with van der Waals surface area (Å²) in [5, 5.41) is 0. The Morgan fingerprint density at radius 3 is 0.727 bits per heavy atom. The lowest BCUT2D eigenvalue weighted by molar-refractivity contribution is -0.00000734. The van der Waals surface area contributed by atoms with Gasteiger partial charge in [-0.3, -0.25) is 0 Å². The number of unbranched alkanes of at least 4 members (excludes halogenated alkanes) is 19. The molecule has 0 aromatic carbocycles. The van der Waals surface area contributed by atoms with Crippen LogP contribution in [0.1, 0.15) is 175 Å². The van der Waals surface area contributed by atoms with Gasteiger partial charge in [0.25, 0.3) is 0 Å². The Labute approximate surface area is 219 Å². The molecule has 0 rings (SSSR count). The van der Waals surface area contributed by atoms with Crippen LogP contribution in [-0.2, 0) is 0 Å². The van der Waals surface area contributed by atoms with Gasteiger partial charge in [-0.25, -0.2) is 0 Å². The van der Waals surface area contributed by atoms with Crippen LogP contribution in [0.5, 0.6) is 0 Å². The quantitative estimate of drug-likeness (QED) is 0.0772. The van der Waals surface area contributed by atoms with E-state index >= 15 is 0 Å². The van der Waals surface area contributed by atoms with Crippen LogP contribution < -0.4 is 12.4 Å². The van der Waals surface area contributed by atoms with E-state index in [1.54, 1.807) is 31.1 Å². The fourth-order valence-electron chi connectivity index (χ4n) is 5.40. The zero-order valence-electron chi connectivity index (χ0n) is 23.9. The van der Waals surface area contributed by atoms with E-state index in [0.717, 1.165) is 0 Å². The molecule has 0 radical (unpaired) electrons. The second-order valence-corrected chi connectivity index (χ2v) is 15.4. The van der Waals surface area contributed by atoms with E-state index in [0.29, 0.717) is 0 Å². The Bertz CT molecular complexity index is 317. The van der Waals surface area contributed by atoms with Crippen LogP contribution in [0.2, 0.25) is 0 Å². The van der Waals surface area contributed by atoms with Crippen molar-refractivity contribution in [3.63, 3.8) is 0 Å². The van der Waals surface area contributed by atoms with Crippen LogP contribution in [0.15, 0.2) is 0 Å². The summed E-state index contributed by atoms with van der Waals surface area (Å²) in [5.74, 6) is 0. The molecule has 0 amide bonds. The molecule has 0 aliphatic heterocycles. The molecule has 0 unspecified atom stereocenters. The average Bonchev–Trinajstić information content (AvgIpc) is 2.80. The van der Waals surface area contributed by atoms with Gasteiger partial charge in [0.1, 0.15) is 0 Å². The maximum absolute atomic E-state index is 2.38. The van der Waals surface area contributed by atoms with Crippen LogP contribution >= 0.6 is 7.26 Å². The summed E-state index contributed by atoms with van der Waals surface area (Å²) >= 11 is 0. The first-order chi connectivity index (χ1) is 15.7. The minimum atomic E-state index is -0.670. The van der Waals surface area contributed by atoms with E-state index < -0.39 is 7.26 Å². The molecular formula is C31H66ClP. The summed E-state index contributed by atoms with van der Waals surface area (Å²) in [4.78, 5) is 0. The SMILES string of the molecule is CCCCCCCCCCCCCCCC[P+](CCCCC)(CCCCC)CCCCC.[Cl-]. The highest BCUT2D eigenvalue weighted by atomic mass is 35.5. The maximum atomic E-state index is 2.38. The van der Waals surface area contributed by atoms with E-state index in [-0.39, 0.29) is 12.4 Å². The molecule has 0 aromatic rings. The summed E-state index contributed by atoms with van der Waals surface area (Å²) < 4.78 is 0. The second-order valence-electron chi connectivity index (χ2n) is 11.0. The summed E-state index contributed by atoms with van der Waals surface area (Å²) in [6.07, 6.45) is 40.5. The lowest BCUT2D eigenvalue weighted by Gasteiger charge is -2.28. The van der Waals surface area contributed by atoms with E-state index in [1.807, 2.05) is 0 Å². The maximum Gasteiger partial charge on any atom is 0.0594 e. The Morgan fingerprint density at radius 2 is 0.455 bits per heavy atom. The van der Waals surface area contributed by atoms with Crippen molar-refractivity contribution >= 4 is 7.26 Å². The Balaban J connectivity index is 0. The lowest BCUT2D eigenvalue weighted by atomic mass is 10.0. The van der Waals surface area contributed by atoms with Crippen LogP contribution in [-0.4, -0.2) is 24.6 Å². The van der Waals surface area contributed by atoms with Crippen LogP contribution in [0.4, 0.5) is 0 Å². The third-order valence-corrected chi connectivity index (χ3v) is 12.8. The van der Waals surface area contributed by atoms with Gasteiger partial charge in [-0.15, -0.1) is 0 Å². The van der Waals surface area contributed by atoms with Gasteiger partial charge in [0, 0.05) is 7.26 Å². The largest absolute Gasteiger partial charge is 1.00 e. The van der Waals surface area contributed by atoms with E-state index in [1.165, 1.54) is 141 Å². The monoisotopic (exact) mass is 504 g/mol. The molecule has 0 saturated carbocycles. The van der Waals surface area contributed by atoms with Crippen molar-refractivity contribution in [1.29, 1.82) is 0 Å². The number of halogens is 1. The summed E-state index contributed by atoms with van der Waals surface area (Å²) in [7, 11) is -0.670. The van der Waals surface area contributed by atoms with E-state index in [2.05, 4.69) is 27.7 Å². The molecule has 0 N–H and O–H groups in total. The smallest absolute Gasteiger partial charge is 0.0594 e. The molecule has 0 fully saturated rings. The number of hydrogen-bond acceptors (Lipinski definition) is 0. The summed E-state index contributed by atoms with van der Waals surface area (Å²) in [6, 6.07) is 0. The molecule has 202 valence electrons. The van der Waals surface area contributed by atoms with Crippen molar-refractivity contribution in [3.8, 4) is 0 Å². The molecule has 2 heteroatoms. The van der Waals surface area contributed by atoms with Crippen molar-refractivity contribution in [1.82, 2.24) is 0 Å². The van der Waals surface area contributed by atoms with Gasteiger partial charge in [0.2, 0.25) is 0 Å². The molecule has 0 aromatic heterocycles. The Morgan fingerprint density at radius 1 is 0.273 bits per heavy atom. The predicted molar refractivity (Wildman–Crippen MR) is 155 cm³/mol. The fraction of sp³-hybridized carbons (Fsp3) is 1.00. The third kappa shape index (κ3) is 24.2. The standard InChI is InChI=1S/C31H66P.ClH/c1-5-9-13-14-15-16-17-18-19-20-21-22-23-27-31-32(28-24-10-6-2,29-25-11-7-3)30-26-12-8-4;/h5-31H2,1-4H3;1H/q+1;/p-1. The predicted octanol–water partition coefficient (Wildman–Crippen LogP) is 9.06.